The lowest BCUT2D eigenvalue weighted by Crippen LogP contribution is -2.34. The Kier molecular flexibility index (Phi) is 4.24. The fourth-order valence-electron chi connectivity index (χ4n) is 2.37. The van der Waals surface area contributed by atoms with Crippen LogP contribution in [0.25, 0.3) is 17.2 Å². The summed E-state index contributed by atoms with van der Waals surface area (Å²) in [5.74, 6) is -0.982. The molecular weight excluding hydrogens is 395 g/mol. The van der Waals surface area contributed by atoms with Crippen LogP contribution in [-0.4, -0.2) is 36.0 Å². The number of pyridine rings is 1. The van der Waals surface area contributed by atoms with Gasteiger partial charge in [-0.05, 0) is 18.9 Å². The van der Waals surface area contributed by atoms with E-state index in [0.29, 0.717) is 18.4 Å². The molecular formula is C14H11ClF3N5O2S. The number of imidazole rings is 1. The summed E-state index contributed by atoms with van der Waals surface area (Å²) >= 11 is 6.20. The van der Waals surface area contributed by atoms with Crippen LogP contribution in [-0.2, 0) is 11.0 Å². The van der Waals surface area contributed by atoms with Gasteiger partial charge in [0.1, 0.15) is 17.7 Å². The molecule has 1 aliphatic rings. The van der Waals surface area contributed by atoms with Crippen molar-refractivity contribution in [1.29, 1.82) is 0 Å². The highest BCUT2D eigenvalue weighted by Crippen LogP contribution is 2.37. The van der Waals surface area contributed by atoms with Crippen LogP contribution in [0.1, 0.15) is 25.2 Å². The summed E-state index contributed by atoms with van der Waals surface area (Å²) in [6.45, 7) is -0.622. The molecule has 0 bridgehead atoms. The summed E-state index contributed by atoms with van der Waals surface area (Å²) < 4.78 is 59.9. The van der Waals surface area contributed by atoms with Gasteiger partial charge in [-0.3, -0.25) is 4.40 Å². The van der Waals surface area contributed by atoms with E-state index in [9.17, 15) is 17.4 Å². The Hall–Kier alpha value is -1.98. The molecule has 4 rings (SSSR count). The first-order valence-corrected chi connectivity index (χ1v) is 8.99. The number of fused-ring (bicyclic) bond motifs is 1. The van der Waals surface area contributed by atoms with Crippen LogP contribution in [0.3, 0.4) is 0 Å². The van der Waals surface area contributed by atoms with E-state index in [-0.39, 0.29) is 21.6 Å². The van der Waals surface area contributed by atoms with Gasteiger partial charge in [0.15, 0.2) is 0 Å². The van der Waals surface area contributed by atoms with Crippen molar-refractivity contribution in [2.75, 3.05) is 6.67 Å². The number of hydrogen-bond donors (Lipinski definition) is 1. The number of nitrogens with one attached hydrogen (secondary N) is 1. The second-order valence-corrected chi connectivity index (χ2v) is 7.51. The van der Waals surface area contributed by atoms with E-state index >= 15 is 0 Å². The zero-order valence-corrected chi connectivity index (χ0v) is 14.5. The predicted octanol–water partition coefficient (Wildman–Crippen LogP) is 3.09. The number of hydrogen-bond acceptors (Lipinski definition) is 5. The van der Waals surface area contributed by atoms with Crippen LogP contribution in [0.2, 0.25) is 5.02 Å². The molecule has 0 aliphatic heterocycles. The van der Waals surface area contributed by atoms with E-state index in [1.165, 1.54) is 22.9 Å². The van der Waals surface area contributed by atoms with Gasteiger partial charge >= 0.3 is 6.43 Å². The predicted molar refractivity (Wildman–Crippen MR) is 85.9 cm³/mol. The monoisotopic (exact) mass is 405 g/mol. The van der Waals surface area contributed by atoms with Gasteiger partial charge in [0.25, 0.3) is 11.8 Å². The average molecular weight is 406 g/mol. The van der Waals surface area contributed by atoms with E-state index in [1.54, 1.807) is 0 Å². The Morgan fingerprint density at radius 1 is 1.42 bits per heavy atom. The van der Waals surface area contributed by atoms with Gasteiger partial charge in [-0.1, -0.05) is 11.6 Å². The Labute approximate surface area is 152 Å². The number of halogens is 4. The van der Waals surface area contributed by atoms with Crippen LogP contribution in [0.15, 0.2) is 27.8 Å². The minimum Gasteiger partial charge on any atom is -0.412 e. The van der Waals surface area contributed by atoms with Crippen LogP contribution >= 0.6 is 11.6 Å². The van der Waals surface area contributed by atoms with Gasteiger partial charge < -0.3 is 4.42 Å². The number of alkyl halides is 3. The molecule has 1 atom stereocenters. The van der Waals surface area contributed by atoms with Crippen LogP contribution < -0.4 is 4.72 Å². The maximum atomic E-state index is 13.0. The maximum Gasteiger partial charge on any atom is 0.314 e. The molecule has 3 heterocycles. The van der Waals surface area contributed by atoms with E-state index in [0.717, 1.165) is 0 Å². The normalized spacial score (nSPS) is 17.1. The second-order valence-electron chi connectivity index (χ2n) is 5.89. The number of rotatable bonds is 6. The van der Waals surface area contributed by atoms with Crippen molar-refractivity contribution in [3.05, 3.63) is 29.4 Å². The van der Waals surface area contributed by atoms with Gasteiger partial charge in [-0.2, -0.15) is 8.78 Å². The molecule has 1 fully saturated rings. The van der Waals surface area contributed by atoms with E-state index in [4.69, 9.17) is 16.0 Å². The molecule has 1 unspecified atom stereocenters. The lowest BCUT2D eigenvalue weighted by Gasteiger charge is -2.13. The van der Waals surface area contributed by atoms with Gasteiger partial charge in [-0.15, -0.1) is 10.2 Å². The highest BCUT2D eigenvalue weighted by atomic mass is 35.5. The summed E-state index contributed by atoms with van der Waals surface area (Å²) in [6.07, 6.45) is 1.13. The van der Waals surface area contributed by atoms with Crippen molar-refractivity contribution >= 4 is 28.1 Å². The summed E-state index contributed by atoms with van der Waals surface area (Å²) in [5.41, 5.74) is -0.325. The maximum absolute atomic E-state index is 13.0. The molecule has 0 amide bonds. The molecule has 0 radical (unpaired) electrons. The molecule has 3 aromatic heterocycles. The van der Waals surface area contributed by atoms with Gasteiger partial charge in [0, 0.05) is 6.20 Å². The summed E-state index contributed by atoms with van der Waals surface area (Å²) in [5, 5.41) is 7.04. The standard InChI is InChI=1S/C14H11ClF3N5O2S/c15-8-3-7(26(24)22-14(6-16)1-2-14)5-23-9(8)4-19-11(23)13-21-20-12(25-13)10(17)18/h3-5,10,22H,1-2,6H2. The van der Waals surface area contributed by atoms with Crippen molar-refractivity contribution in [2.45, 2.75) is 29.7 Å². The minimum atomic E-state index is -2.91. The third-order valence-corrected chi connectivity index (χ3v) is 5.59. The topological polar surface area (TPSA) is 85.3 Å². The Morgan fingerprint density at radius 3 is 2.81 bits per heavy atom. The second kappa shape index (κ2) is 6.32. The molecule has 138 valence electrons. The average Bonchev–Trinajstić information content (AvgIpc) is 3.03. The van der Waals surface area contributed by atoms with Gasteiger partial charge in [0.05, 0.1) is 27.2 Å². The highest BCUT2D eigenvalue weighted by Gasteiger charge is 2.44. The smallest absolute Gasteiger partial charge is 0.314 e. The van der Waals surface area contributed by atoms with Crippen LogP contribution in [0.4, 0.5) is 13.2 Å². The molecule has 1 saturated carbocycles. The van der Waals surface area contributed by atoms with Crippen molar-refractivity contribution in [3.8, 4) is 11.7 Å². The molecule has 12 heteroatoms. The quantitative estimate of drug-likeness (QED) is 0.681. The molecule has 0 aromatic carbocycles. The Morgan fingerprint density at radius 2 is 2.19 bits per heavy atom. The molecule has 26 heavy (non-hydrogen) atoms. The lowest BCUT2D eigenvalue weighted by atomic mass is 10.3. The first-order chi connectivity index (χ1) is 12.4. The zero-order chi connectivity index (χ0) is 18.5. The number of aromatic nitrogens is 4. The first-order valence-electron chi connectivity index (χ1n) is 7.46. The molecule has 0 spiro atoms. The molecule has 1 aliphatic carbocycles. The highest BCUT2D eigenvalue weighted by molar-refractivity contribution is 7.83. The Balaban J connectivity index is 1.74. The van der Waals surface area contributed by atoms with Crippen LogP contribution in [0, 0.1) is 0 Å². The summed E-state index contributed by atoms with van der Waals surface area (Å²) in [6, 6.07) is 1.47. The third kappa shape index (κ3) is 2.99. The van der Waals surface area contributed by atoms with Crippen LogP contribution in [0.5, 0.6) is 0 Å². The van der Waals surface area contributed by atoms with Gasteiger partial charge in [-0.25, -0.2) is 18.3 Å². The largest absolute Gasteiger partial charge is 0.412 e. The molecule has 0 saturated heterocycles. The van der Waals surface area contributed by atoms with E-state index in [1.807, 2.05) is 0 Å². The van der Waals surface area contributed by atoms with Crippen molar-refractivity contribution in [1.82, 2.24) is 24.3 Å². The van der Waals surface area contributed by atoms with E-state index in [2.05, 4.69) is 19.9 Å². The van der Waals surface area contributed by atoms with Crippen molar-refractivity contribution in [3.63, 3.8) is 0 Å². The third-order valence-electron chi connectivity index (χ3n) is 4.02. The molecule has 1 N–H and O–H groups in total. The molecule has 7 nitrogen and oxygen atoms in total. The number of nitrogens with zero attached hydrogens (tertiary/aromatic N) is 4. The summed E-state index contributed by atoms with van der Waals surface area (Å²) in [4.78, 5) is 4.33. The fourth-order valence-corrected chi connectivity index (χ4v) is 3.89. The SMILES string of the molecule is O=S(NC1(CF)CC1)c1cc(Cl)c2cnc(-c3nnc(C(F)F)o3)n2c1. The zero-order valence-electron chi connectivity index (χ0n) is 13.0. The summed E-state index contributed by atoms with van der Waals surface area (Å²) in [7, 11) is -1.72. The van der Waals surface area contributed by atoms with Gasteiger partial charge in [0.2, 0.25) is 5.82 Å². The Bertz CT molecular complexity index is 1000. The fraction of sp³-hybridized carbons (Fsp3) is 0.357. The lowest BCUT2D eigenvalue weighted by molar-refractivity contribution is 0.116. The van der Waals surface area contributed by atoms with E-state index < -0.39 is 35.5 Å². The minimum absolute atomic E-state index is 0.0757. The van der Waals surface area contributed by atoms with Crippen molar-refractivity contribution < 1.29 is 21.8 Å². The first kappa shape index (κ1) is 17.4. The molecule has 3 aromatic rings. The van der Waals surface area contributed by atoms with Crippen molar-refractivity contribution in [2.24, 2.45) is 0 Å².